The summed E-state index contributed by atoms with van der Waals surface area (Å²) in [5.74, 6) is 0. The van der Waals surface area contributed by atoms with Crippen molar-refractivity contribution in [1.82, 2.24) is 4.57 Å². The first kappa shape index (κ1) is 23.0. The van der Waals surface area contributed by atoms with Crippen molar-refractivity contribution < 1.29 is 0 Å². The third kappa shape index (κ3) is 3.36. The molecule has 1 N–H and O–H groups in total. The lowest BCUT2D eigenvalue weighted by Gasteiger charge is -2.33. The zero-order valence-electron chi connectivity index (χ0n) is 21.5. The van der Waals surface area contributed by atoms with Crippen LogP contribution in [0.15, 0.2) is 72.8 Å². The number of hydrogen-bond donors (Lipinski definition) is 1. The van der Waals surface area contributed by atoms with Crippen LogP contribution in [0.3, 0.4) is 0 Å². The standard InChI is InChI=1S/C34H27N3S/c1-21(36)23-12-14-32-26(18-23)27-19-34(2,16-15-33(27)38-32)28-17-22(20-35)11-13-31(28)37-29-9-5-3-7-24(29)25-8-4-6-10-30(25)37/h3,5-7,9-18,36H,4,8,19H2,1-2H3. The highest BCUT2D eigenvalue weighted by Crippen LogP contribution is 2.46. The molecular weight excluding hydrogens is 482 g/mol. The molecule has 184 valence electrons. The molecule has 4 heteroatoms. The van der Waals surface area contributed by atoms with E-state index in [1.165, 1.54) is 48.3 Å². The molecule has 0 spiro atoms. The number of aryl methyl sites for hydroxylation is 1. The Labute approximate surface area is 226 Å². The molecule has 0 amide bonds. The van der Waals surface area contributed by atoms with Crippen molar-refractivity contribution in [3.05, 3.63) is 111 Å². The summed E-state index contributed by atoms with van der Waals surface area (Å²) in [5.41, 5.74) is 9.46. The number of rotatable bonds is 3. The third-order valence-electron chi connectivity index (χ3n) is 8.24. The molecule has 7 rings (SSSR count). The minimum absolute atomic E-state index is 0.296. The monoisotopic (exact) mass is 509 g/mol. The summed E-state index contributed by atoms with van der Waals surface area (Å²) in [6.07, 6.45) is 12.1. The van der Waals surface area contributed by atoms with E-state index >= 15 is 0 Å². The SMILES string of the molecule is CC(=N)c1ccc2sc3c(c2c1)CC(C)(c1cc(C#N)ccc1-n1c2c(c4ccccc41)CCC=C2)C=C3. The summed E-state index contributed by atoms with van der Waals surface area (Å²) >= 11 is 1.82. The third-order valence-corrected chi connectivity index (χ3v) is 9.42. The van der Waals surface area contributed by atoms with Gasteiger partial charge in [0.15, 0.2) is 0 Å². The molecule has 2 aromatic heterocycles. The number of fused-ring (bicyclic) bond motifs is 6. The number of allylic oxidation sites excluding steroid dienone is 2. The fourth-order valence-corrected chi connectivity index (χ4v) is 7.40. The van der Waals surface area contributed by atoms with Gasteiger partial charge in [-0.3, -0.25) is 0 Å². The van der Waals surface area contributed by atoms with Crippen molar-refractivity contribution in [2.45, 2.75) is 38.5 Å². The van der Waals surface area contributed by atoms with Gasteiger partial charge in [0.2, 0.25) is 0 Å². The molecule has 0 saturated heterocycles. The van der Waals surface area contributed by atoms with Crippen molar-refractivity contribution >= 4 is 50.2 Å². The molecule has 3 aromatic carbocycles. The van der Waals surface area contributed by atoms with E-state index in [0.717, 1.165) is 30.5 Å². The molecular formula is C34H27N3S. The number of thiophene rings is 1. The van der Waals surface area contributed by atoms with Gasteiger partial charge < -0.3 is 9.98 Å². The normalized spacial score (nSPS) is 17.9. The molecule has 2 aliphatic carbocycles. The van der Waals surface area contributed by atoms with E-state index in [1.54, 1.807) is 0 Å². The van der Waals surface area contributed by atoms with Crippen LogP contribution in [0, 0.1) is 16.7 Å². The zero-order chi connectivity index (χ0) is 26.0. The van der Waals surface area contributed by atoms with Crippen molar-refractivity contribution in [1.29, 1.82) is 10.7 Å². The molecule has 2 heterocycles. The second-order valence-electron chi connectivity index (χ2n) is 10.7. The van der Waals surface area contributed by atoms with E-state index in [0.29, 0.717) is 11.3 Å². The Balaban J connectivity index is 1.46. The number of nitriles is 1. The first-order valence-electron chi connectivity index (χ1n) is 13.1. The summed E-state index contributed by atoms with van der Waals surface area (Å²) in [4.78, 5) is 1.29. The van der Waals surface area contributed by atoms with Gasteiger partial charge in [-0.25, -0.2) is 0 Å². The second-order valence-corrected chi connectivity index (χ2v) is 11.8. The van der Waals surface area contributed by atoms with Gasteiger partial charge in [-0.1, -0.05) is 43.3 Å². The van der Waals surface area contributed by atoms with Crippen molar-refractivity contribution in [3.8, 4) is 11.8 Å². The number of hydrogen-bond acceptors (Lipinski definition) is 3. The Morgan fingerprint density at radius 1 is 1.03 bits per heavy atom. The van der Waals surface area contributed by atoms with E-state index < -0.39 is 0 Å². The van der Waals surface area contributed by atoms with Gasteiger partial charge in [0, 0.05) is 31.8 Å². The lowest BCUT2D eigenvalue weighted by atomic mass is 9.73. The molecule has 5 aromatic rings. The fraction of sp³-hybridized carbons (Fsp3) is 0.176. The molecule has 0 saturated carbocycles. The number of benzene rings is 3. The van der Waals surface area contributed by atoms with Gasteiger partial charge in [0.05, 0.1) is 22.8 Å². The maximum Gasteiger partial charge on any atom is 0.0991 e. The lowest BCUT2D eigenvalue weighted by Crippen LogP contribution is -2.27. The number of nitrogens with zero attached hydrogens (tertiary/aromatic N) is 2. The summed E-state index contributed by atoms with van der Waals surface area (Å²) in [6.45, 7) is 4.15. The van der Waals surface area contributed by atoms with Crippen molar-refractivity contribution in [2.24, 2.45) is 0 Å². The van der Waals surface area contributed by atoms with Gasteiger partial charge in [0.25, 0.3) is 0 Å². The van der Waals surface area contributed by atoms with Crippen LogP contribution in [-0.2, 0) is 18.3 Å². The topological polar surface area (TPSA) is 52.6 Å². The highest BCUT2D eigenvalue weighted by molar-refractivity contribution is 7.20. The van der Waals surface area contributed by atoms with Crippen molar-refractivity contribution in [2.75, 3.05) is 0 Å². The lowest BCUT2D eigenvalue weighted by molar-refractivity contribution is 0.588. The number of aromatic nitrogens is 1. The first-order chi connectivity index (χ1) is 18.5. The summed E-state index contributed by atoms with van der Waals surface area (Å²) in [5, 5.41) is 20.6. The predicted octanol–water partition coefficient (Wildman–Crippen LogP) is 8.59. The van der Waals surface area contributed by atoms with E-state index in [-0.39, 0.29) is 5.41 Å². The number of para-hydroxylation sites is 1. The van der Waals surface area contributed by atoms with Crippen LogP contribution >= 0.6 is 11.3 Å². The molecule has 38 heavy (non-hydrogen) atoms. The Bertz CT molecular complexity index is 1910. The molecule has 0 fully saturated rings. The largest absolute Gasteiger partial charge is 0.309 e. The first-order valence-corrected chi connectivity index (χ1v) is 13.9. The highest BCUT2D eigenvalue weighted by Gasteiger charge is 2.34. The summed E-state index contributed by atoms with van der Waals surface area (Å²) in [6, 6.07) is 23.7. The van der Waals surface area contributed by atoms with E-state index in [4.69, 9.17) is 5.41 Å². The minimum Gasteiger partial charge on any atom is -0.309 e. The minimum atomic E-state index is -0.296. The Morgan fingerprint density at radius 3 is 2.74 bits per heavy atom. The van der Waals surface area contributed by atoms with E-state index in [2.05, 4.69) is 96.5 Å². The van der Waals surface area contributed by atoms with Gasteiger partial charge in [-0.15, -0.1) is 11.3 Å². The summed E-state index contributed by atoms with van der Waals surface area (Å²) < 4.78 is 3.67. The Kier molecular flexibility index (Phi) is 5.08. The van der Waals surface area contributed by atoms with Crippen LogP contribution in [0.1, 0.15) is 58.7 Å². The smallest absolute Gasteiger partial charge is 0.0991 e. The zero-order valence-corrected chi connectivity index (χ0v) is 22.3. The van der Waals surface area contributed by atoms with Crippen LogP contribution in [0.5, 0.6) is 0 Å². The predicted molar refractivity (Wildman–Crippen MR) is 160 cm³/mol. The van der Waals surface area contributed by atoms with Crippen LogP contribution in [-0.4, -0.2) is 10.3 Å². The van der Waals surface area contributed by atoms with E-state index in [1.807, 2.05) is 24.3 Å². The summed E-state index contributed by atoms with van der Waals surface area (Å²) in [7, 11) is 0. The average Bonchev–Trinajstić information content (AvgIpc) is 3.47. The molecule has 0 aliphatic heterocycles. The molecule has 2 aliphatic rings. The Morgan fingerprint density at radius 2 is 1.89 bits per heavy atom. The number of nitrogens with one attached hydrogen (secondary N) is 1. The fourth-order valence-electron chi connectivity index (χ4n) is 6.29. The van der Waals surface area contributed by atoms with Gasteiger partial charge in [-0.2, -0.15) is 5.26 Å². The van der Waals surface area contributed by atoms with Gasteiger partial charge >= 0.3 is 0 Å². The van der Waals surface area contributed by atoms with E-state index in [9.17, 15) is 5.26 Å². The van der Waals surface area contributed by atoms with Crippen LogP contribution in [0.4, 0.5) is 0 Å². The maximum atomic E-state index is 9.87. The van der Waals surface area contributed by atoms with Crippen LogP contribution < -0.4 is 0 Å². The second kappa shape index (κ2) is 8.41. The van der Waals surface area contributed by atoms with Gasteiger partial charge in [-0.05, 0) is 102 Å². The van der Waals surface area contributed by atoms with Crippen LogP contribution in [0.25, 0.3) is 38.8 Å². The Hall–Kier alpha value is -4.20. The molecule has 1 unspecified atom stereocenters. The highest BCUT2D eigenvalue weighted by atomic mass is 32.1. The molecule has 0 radical (unpaired) electrons. The van der Waals surface area contributed by atoms with Crippen LogP contribution in [0.2, 0.25) is 0 Å². The molecule has 3 nitrogen and oxygen atoms in total. The molecule has 0 bridgehead atoms. The quantitative estimate of drug-likeness (QED) is 0.243. The van der Waals surface area contributed by atoms with Crippen molar-refractivity contribution in [3.63, 3.8) is 0 Å². The molecule has 1 atom stereocenters. The average molecular weight is 510 g/mol. The van der Waals surface area contributed by atoms with Gasteiger partial charge in [0.1, 0.15) is 0 Å². The maximum absolute atomic E-state index is 9.87.